The minimum absolute atomic E-state index is 0.282. The molecule has 0 saturated heterocycles. The van der Waals surface area contributed by atoms with Crippen LogP contribution >= 0.6 is 27.3 Å². The standard InChI is InChI=1S/C16H18BrNOS/c1-19-12-5-4-11-3-2-7-16(18,13(11)9-12)10-15-14(17)6-8-20-15/h4-6,8-9H,2-3,7,10,18H2,1H3. The lowest BCUT2D eigenvalue weighted by Gasteiger charge is -2.36. The third-order valence-electron chi connectivity index (χ3n) is 4.09. The summed E-state index contributed by atoms with van der Waals surface area (Å²) in [5.74, 6) is 0.894. The van der Waals surface area contributed by atoms with Crippen molar-refractivity contribution in [1.82, 2.24) is 0 Å². The van der Waals surface area contributed by atoms with E-state index in [1.807, 2.05) is 6.07 Å². The van der Waals surface area contributed by atoms with Crippen molar-refractivity contribution >= 4 is 27.3 Å². The summed E-state index contributed by atoms with van der Waals surface area (Å²) in [6.45, 7) is 0. The zero-order valence-corrected chi connectivity index (χ0v) is 13.9. The molecule has 0 spiro atoms. The number of rotatable bonds is 3. The van der Waals surface area contributed by atoms with Crippen molar-refractivity contribution in [2.75, 3.05) is 7.11 Å². The molecule has 2 N–H and O–H groups in total. The van der Waals surface area contributed by atoms with Gasteiger partial charge in [0.15, 0.2) is 0 Å². The summed E-state index contributed by atoms with van der Waals surface area (Å²) in [6, 6.07) is 8.42. The van der Waals surface area contributed by atoms with E-state index in [9.17, 15) is 0 Å². The van der Waals surface area contributed by atoms with Crippen LogP contribution in [-0.2, 0) is 18.4 Å². The molecule has 1 aromatic carbocycles. The van der Waals surface area contributed by atoms with E-state index in [0.717, 1.165) is 31.4 Å². The molecule has 0 amide bonds. The van der Waals surface area contributed by atoms with E-state index in [1.54, 1.807) is 18.4 Å². The maximum atomic E-state index is 6.78. The third kappa shape index (κ3) is 2.52. The fourth-order valence-electron chi connectivity index (χ4n) is 3.01. The largest absolute Gasteiger partial charge is 0.497 e. The van der Waals surface area contributed by atoms with Crippen molar-refractivity contribution < 1.29 is 4.74 Å². The zero-order chi connectivity index (χ0) is 14.2. The summed E-state index contributed by atoms with van der Waals surface area (Å²) < 4.78 is 6.54. The Morgan fingerprint density at radius 1 is 1.40 bits per heavy atom. The molecule has 0 aliphatic heterocycles. The van der Waals surface area contributed by atoms with Gasteiger partial charge in [-0.3, -0.25) is 0 Å². The lowest BCUT2D eigenvalue weighted by Crippen LogP contribution is -2.42. The average molecular weight is 352 g/mol. The molecule has 1 heterocycles. The minimum Gasteiger partial charge on any atom is -0.497 e. The van der Waals surface area contributed by atoms with Crippen LogP contribution in [0.2, 0.25) is 0 Å². The number of hydrogen-bond acceptors (Lipinski definition) is 3. The van der Waals surface area contributed by atoms with Gasteiger partial charge in [-0.1, -0.05) is 6.07 Å². The lowest BCUT2D eigenvalue weighted by molar-refractivity contribution is 0.364. The van der Waals surface area contributed by atoms with Crippen LogP contribution in [0.15, 0.2) is 34.1 Å². The fraction of sp³-hybridized carbons (Fsp3) is 0.375. The summed E-state index contributed by atoms with van der Waals surface area (Å²) in [7, 11) is 1.71. The molecule has 3 rings (SSSR count). The Balaban J connectivity index is 2.01. The molecular weight excluding hydrogens is 334 g/mol. The molecule has 20 heavy (non-hydrogen) atoms. The van der Waals surface area contributed by atoms with Crippen LogP contribution in [0.3, 0.4) is 0 Å². The molecule has 0 fully saturated rings. The van der Waals surface area contributed by atoms with E-state index < -0.39 is 0 Å². The fourth-order valence-corrected chi connectivity index (χ4v) is 4.63. The quantitative estimate of drug-likeness (QED) is 0.896. The van der Waals surface area contributed by atoms with Crippen molar-refractivity contribution in [2.24, 2.45) is 5.73 Å². The predicted molar refractivity (Wildman–Crippen MR) is 87.5 cm³/mol. The summed E-state index contributed by atoms with van der Waals surface area (Å²) in [4.78, 5) is 1.32. The molecular formula is C16H18BrNOS. The molecule has 2 aromatic rings. The van der Waals surface area contributed by atoms with Crippen LogP contribution in [0, 0.1) is 0 Å². The first-order chi connectivity index (χ1) is 9.62. The molecule has 1 unspecified atom stereocenters. The highest BCUT2D eigenvalue weighted by Gasteiger charge is 2.34. The van der Waals surface area contributed by atoms with Gasteiger partial charge >= 0.3 is 0 Å². The number of halogens is 1. The number of nitrogens with two attached hydrogens (primary N) is 1. The van der Waals surface area contributed by atoms with Crippen LogP contribution < -0.4 is 10.5 Å². The molecule has 0 radical (unpaired) electrons. The SMILES string of the molecule is COc1ccc2c(c1)C(N)(Cc1sccc1Br)CCC2. The highest BCUT2D eigenvalue weighted by atomic mass is 79.9. The van der Waals surface area contributed by atoms with Gasteiger partial charge in [0.05, 0.1) is 7.11 Å². The normalized spacial score (nSPS) is 21.6. The molecule has 1 aliphatic carbocycles. The van der Waals surface area contributed by atoms with E-state index in [4.69, 9.17) is 10.5 Å². The third-order valence-corrected chi connectivity index (χ3v) is 6.02. The summed E-state index contributed by atoms with van der Waals surface area (Å²) in [6.07, 6.45) is 4.17. The van der Waals surface area contributed by atoms with E-state index in [2.05, 4.69) is 39.5 Å². The molecule has 1 aromatic heterocycles. The summed E-state index contributed by atoms with van der Waals surface area (Å²) in [5, 5.41) is 2.11. The van der Waals surface area contributed by atoms with E-state index in [1.165, 1.54) is 20.5 Å². The smallest absolute Gasteiger partial charge is 0.119 e. The van der Waals surface area contributed by atoms with E-state index in [-0.39, 0.29) is 5.54 Å². The Kier molecular flexibility index (Phi) is 3.89. The van der Waals surface area contributed by atoms with Crippen molar-refractivity contribution in [1.29, 1.82) is 0 Å². The molecule has 1 aliphatic rings. The topological polar surface area (TPSA) is 35.2 Å². The number of methoxy groups -OCH3 is 1. The van der Waals surface area contributed by atoms with Crippen LogP contribution in [0.4, 0.5) is 0 Å². The van der Waals surface area contributed by atoms with Gasteiger partial charge in [-0.25, -0.2) is 0 Å². The van der Waals surface area contributed by atoms with Crippen LogP contribution in [0.5, 0.6) is 5.75 Å². The second kappa shape index (κ2) is 5.51. The van der Waals surface area contributed by atoms with Gasteiger partial charge < -0.3 is 10.5 Å². The Bertz CT molecular complexity index is 625. The van der Waals surface area contributed by atoms with Crippen molar-refractivity contribution in [3.63, 3.8) is 0 Å². The summed E-state index contributed by atoms with van der Waals surface area (Å²) in [5.41, 5.74) is 9.12. The van der Waals surface area contributed by atoms with Gasteiger partial charge in [-0.2, -0.15) is 0 Å². The Morgan fingerprint density at radius 2 is 2.25 bits per heavy atom. The van der Waals surface area contributed by atoms with Crippen molar-refractivity contribution in [2.45, 2.75) is 31.2 Å². The first-order valence-electron chi connectivity index (χ1n) is 6.80. The zero-order valence-electron chi connectivity index (χ0n) is 11.5. The summed E-state index contributed by atoms with van der Waals surface area (Å²) >= 11 is 5.38. The highest BCUT2D eigenvalue weighted by molar-refractivity contribution is 9.10. The number of aryl methyl sites for hydroxylation is 1. The minimum atomic E-state index is -0.282. The Morgan fingerprint density at radius 3 is 2.95 bits per heavy atom. The van der Waals surface area contributed by atoms with Crippen molar-refractivity contribution in [3.05, 3.63) is 50.1 Å². The van der Waals surface area contributed by atoms with Crippen LogP contribution in [-0.4, -0.2) is 7.11 Å². The highest BCUT2D eigenvalue weighted by Crippen LogP contribution is 2.39. The lowest BCUT2D eigenvalue weighted by atomic mass is 9.75. The number of thiophene rings is 1. The van der Waals surface area contributed by atoms with Gasteiger partial charge in [-0.05, 0) is 69.9 Å². The van der Waals surface area contributed by atoms with Gasteiger partial charge in [0.25, 0.3) is 0 Å². The van der Waals surface area contributed by atoms with Gasteiger partial charge in [0, 0.05) is 21.3 Å². The molecule has 106 valence electrons. The van der Waals surface area contributed by atoms with Gasteiger partial charge in [0.1, 0.15) is 5.75 Å². The average Bonchev–Trinajstić information content (AvgIpc) is 2.84. The van der Waals surface area contributed by atoms with E-state index in [0.29, 0.717) is 0 Å². The first-order valence-corrected chi connectivity index (χ1v) is 8.48. The van der Waals surface area contributed by atoms with Crippen LogP contribution in [0.25, 0.3) is 0 Å². The van der Waals surface area contributed by atoms with Crippen molar-refractivity contribution in [3.8, 4) is 5.75 Å². The van der Waals surface area contributed by atoms with E-state index >= 15 is 0 Å². The number of ether oxygens (including phenoxy) is 1. The molecule has 4 heteroatoms. The number of hydrogen-bond donors (Lipinski definition) is 1. The maximum Gasteiger partial charge on any atom is 0.119 e. The number of fused-ring (bicyclic) bond motifs is 1. The molecule has 0 saturated carbocycles. The first kappa shape index (κ1) is 14.1. The second-order valence-corrected chi connectivity index (χ2v) is 7.26. The van der Waals surface area contributed by atoms with Gasteiger partial charge in [0.2, 0.25) is 0 Å². The molecule has 2 nitrogen and oxygen atoms in total. The molecule has 1 atom stereocenters. The van der Waals surface area contributed by atoms with Crippen LogP contribution in [0.1, 0.15) is 28.8 Å². The second-order valence-electron chi connectivity index (χ2n) is 5.40. The van der Waals surface area contributed by atoms with Gasteiger partial charge in [-0.15, -0.1) is 11.3 Å². The Hall–Kier alpha value is -0.840. The number of benzene rings is 1. The Labute approximate surface area is 132 Å². The predicted octanol–water partition coefficient (Wildman–Crippen LogP) is 4.25. The molecule has 0 bridgehead atoms. The maximum absolute atomic E-state index is 6.78. The monoisotopic (exact) mass is 351 g/mol.